The van der Waals surface area contributed by atoms with Gasteiger partial charge in [0.1, 0.15) is 11.5 Å². The molecule has 0 unspecified atom stereocenters. The molecule has 7 nitrogen and oxygen atoms in total. The van der Waals surface area contributed by atoms with Crippen LogP contribution in [0.15, 0.2) is 48.5 Å². The van der Waals surface area contributed by atoms with Crippen LogP contribution >= 0.6 is 0 Å². The maximum atomic E-state index is 12.5. The number of rotatable bonds is 11. The first-order valence-electron chi connectivity index (χ1n) is 10.1. The Labute approximate surface area is 185 Å². The molecule has 31 heavy (non-hydrogen) atoms. The van der Waals surface area contributed by atoms with Crippen molar-refractivity contribution in [3.63, 3.8) is 0 Å². The number of carbonyl (C=O) groups is 1. The lowest BCUT2D eigenvalue weighted by atomic mass is 9.97. The molecule has 1 N–H and O–H groups in total. The Kier molecular flexibility index (Phi) is 8.88. The minimum absolute atomic E-state index is 0.104. The summed E-state index contributed by atoms with van der Waals surface area (Å²) in [5.41, 5.74) is 1.85. The van der Waals surface area contributed by atoms with Gasteiger partial charge in [0.2, 0.25) is 10.0 Å². The van der Waals surface area contributed by atoms with Gasteiger partial charge in [-0.05, 0) is 47.7 Å². The summed E-state index contributed by atoms with van der Waals surface area (Å²) >= 11 is 0. The van der Waals surface area contributed by atoms with Crippen molar-refractivity contribution in [1.29, 1.82) is 0 Å². The number of amides is 1. The van der Waals surface area contributed by atoms with Crippen LogP contribution < -0.4 is 14.8 Å². The average molecular weight is 449 g/mol. The number of nitrogens with zero attached hydrogens (tertiary/aromatic N) is 1. The number of sulfonamides is 1. The molecular formula is C23H32N2O5S. The van der Waals surface area contributed by atoms with Gasteiger partial charge in [0.05, 0.1) is 19.4 Å². The zero-order chi connectivity index (χ0) is 23.0. The first kappa shape index (κ1) is 24.7. The van der Waals surface area contributed by atoms with Crippen molar-refractivity contribution in [3.8, 4) is 11.5 Å². The van der Waals surface area contributed by atoms with Gasteiger partial charge in [0, 0.05) is 13.6 Å². The molecule has 0 aromatic heterocycles. The molecule has 8 heteroatoms. The van der Waals surface area contributed by atoms with E-state index in [9.17, 15) is 13.2 Å². The van der Waals surface area contributed by atoms with E-state index >= 15 is 0 Å². The third-order valence-corrected chi connectivity index (χ3v) is 6.09. The highest BCUT2D eigenvalue weighted by molar-refractivity contribution is 7.88. The lowest BCUT2D eigenvalue weighted by Crippen LogP contribution is -2.33. The molecule has 2 rings (SSSR count). The Morgan fingerprint density at radius 3 is 2.13 bits per heavy atom. The molecule has 0 radical (unpaired) electrons. The summed E-state index contributed by atoms with van der Waals surface area (Å²) < 4.78 is 35.1. The van der Waals surface area contributed by atoms with Crippen LogP contribution in [0.4, 0.5) is 0 Å². The number of nitrogens with one attached hydrogen (secondary N) is 1. The molecule has 2 aromatic rings. The van der Waals surface area contributed by atoms with E-state index in [0.717, 1.165) is 23.3 Å². The molecule has 1 atom stereocenters. The van der Waals surface area contributed by atoms with Crippen LogP contribution in [0.2, 0.25) is 0 Å². The Balaban J connectivity index is 1.93. The highest BCUT2D eigenvalue weighted by Crippen LogP contribution is 2.23. The fourth-order valence-corrected chi connectivity index (χ4v) is 3.42. The van der Waals surface area contributed by atoms with Gasteiger partial charge in [-0.3, -0.25) is 4.79 Å². The quantitative estimate of drug-likeness (QED) is 0.570. The van der Waals surface area contributed by atoms with Crippen LogP contribution in [-0.4, -0.2) is 45.7 Å². The SMILES string of the molecule is COc1ccc([C@@H](CC(C)C)NC(=O)COc2ccc(CN(C)S(C)(=O)=O)cc2)cc1. The number of methoxy groups -OCH3 is 1. The van der Waals surface area contributed by atoms with Crippen LogP contribution in [0.3, 0.4) is 0 Å². The van der Waals surface area contributed by atoms with Gasteiger partial charge in [0.15, 0.2) is 6.61 Å². The van der Waals surface area contributed by atoms with E-state index in [1.165, 1.54) is 17.6 Å². The molecule has 0 saturated carbocycles. The number of hydrogen-bond acceptors (Lipinski definition) is 5. The summed E-state index contributed by atoms with van der Waals surface area (Å²) in [7, 11) is -0.0883. The summed E-state index contributed by atoms with van der Waals surface area (Å²) in [5, 5.41) is 3.05. The zero-order valence-corrected chi connectivity index (χ0v) is 19.6. The monoisotopic (exact) mass is 448 g/mol. The van der Waals surface area contributed by atoms with Gasteiger partial charge in [-0.2, -0.15) is 0 Å². The lowest BCUT2D eigenvalue weighted by Gasteiger charge is -2.21. The summed E-state index contributed by atoms with van der Waals surface area (Å²) in [6, 6.07) is 14.6. The fraction of sp³-hybridized carbons (Fsp3) is 0.435. The molecule has 0 aliphatic rings. The van der Waals surface area contributed by atoms with Crippen molar-refractivity contribution in [1.82, 2.24) is 9.62 Å². The zero-order valence-electron chi connectivity index (χ0n) is 18.8. The van der Waals surface area contributed by atoms with E-state index in [0.29, 0.717) is 11.7 Å². The second kappa shape index (κ2) is 11.2. The van der Waals surface area contributed by atoms with Crippen molar-refractivity contribution >= 4 is 15.9 Å². The molecule has 170 valence electrons. The normalized spacial score (nSPS) is 12.6. The molecule has 0 aliphatic carbocycles. The maximum absolute atomic E-state index is 12.5. The molecule has 0 aliphatic heterocycles. The molecule has 0 bridgehead atoms. The first-order valence-corrected chi connectivity index (χ1v) is 12.0. The summed E-state index contributed by atoms with van der Waals surface area (Å²) in [5.74, 6) is 1.52. The van der Waals surface area contributed by atoms with Crippen molar-refractivity contribution in [2.75, 3.05) is 27.0 Å². The lowest BCUT2D eigenvalue weighted by molar-refractivity contribution is -0.124. The topological polar surface area (TPSA) is 84.9 Å². The van der Waals surface area contributed by atoms with Gasteiger partial charge >= 0.3 is 0 Å². The van der Waals surface area contributed by atoms with Gasteiger partial charge < -0.3 is 14.8 Å². The summed E-state index contributed by atoms with van der Waals surface area (Å²) in [6.07, 6.45) is 1.97. The van der Waals surface area contributed by atoms with Gasteiger partial charge in [-0.15, -0.1) is 0 Å². The van der Waals surface area contributed by atoms with Gasteiger partial charge in [-0.25, -0.2) is 12.7 Å². The second-order valence-corrected chi connectivity index (χ2v) is 10.1. The van der Waals surface area contributed by atoms with E-state index < -0.39 is 10.0 Å². The Bertz CT molecular complexity index is 941. The van der Waals surface area contributed by atoms with Crippen LogP contribution in [0.5, 0.6) is 11.5 Å². The van der Waals surface area contributed by atoms with E-state index in [-0.39, 0.29) is 25.1 Å². The molecule has 0 fully saturated rings. The fourth-order valence-electron chi connectivity index (χ4n) is 3.04. The molecule has 2 aromatic carbocycles. The minimum atomic E-state index is -3.24. The van der Waals surface area contributed by atoms with Crippen molar-refractivity contribution in [2.45, 2.75) is 32.9 Å². The van der Waals surface area contributed by atoms with Crippen LogP contribution in [0.1, 0.15) is 37.4 Å². The highest BCUT2D eigenvalue weighted by atomic mass is 32.2. The number of hydrogen-bond donors (Lipinski definition) is 1. The molecule has 1 amide bonds. The predicted octanol–water partition coefficient (Wildman–Crippen LogP) is 3.37. The van der Waals surface area contributed by atoms with Crippen molar-refractivity contribution in [3.05, 3.63) is 59.7 Å². The van der Waals surface area contributed by atoms with Crippen molar-refractivity contribution < 1.29 is 22.7 Å². The van der Waals surface area contributed by atoms with Gasteiger partial charge in [0.25, 0.3) is 5.91 Å². The molecule has 0 heterocycles. The predicted molar refractivity (Wildman–Crippen MR) is 122 cm³/mol. The molecular weight excluding hydrogens is 416 g/mol. The van der Waals surface area contributed by atoms with Crippen molar-refractivity contribution in [2.24, 2.45) is 5.92 Å². The summed E-state index contributed by atoms with van der Waals surface area (Å²) in [6.45, 7) is 4.40. The first-order chi connectivity index (χ1) is 14.6. The maximum Gasteiger partial charge on any atom is 0.258 e. The standard InChI is InChI=1S/C23H32N2O5S/c1-17(2)14-22(19-8-12-20(29-4)13-9-19)24-23(26)16-30-21-10-6-18(7-11-21)15-25(3)31(5,27)28/h6-13,17,22H,14-16H2,1-5H3,(H,24,26)/t22-/m1/s1. The highest BCUT2D eigenvalue weighted by Gasteiger charge is 2.17. The Hall–Kier alpha value is -2.58. The minimum Gasteiger partial charge on any atom is -0.497 e. The number of ether oxygens (including phenoxy) is 2. The summed E-state index contributed by atoms with van der Waals surface area (Å²) in [4.78, 5) is 12.5. The van der Waals surface area contributed by atoms with Crippen LogP contribution in [0, 0.1) is 5.92 Å². The third-order valence-electron chi connectivity index (χ3n) is 4.83. The number of benzene rings is 2. The van der Waals surface area contributed by atoms with Gasteiger partial charge in [-0.1, -0.05) is 38.1 Å². The largest absolute Gasteiger partial charge is 0.497 e. The van der Waals surface area contributed by atoms with Crippen LogP contribution in [0.25, 0.3) is 0 Å². The molecule has 0 spiro atoms. The van der Waals surface area contributed by atoms with E-state index in [1.54, 1.807) is 31.4 Å². The average Bonchev–Trinajstić information content (AvgIpc) is 2.72. The Morgan fingerprint density at radius 1 is 1.03 bits per heavy atom. The van der Waals surface area contributed by atoms with E-state index in [4.69, 9.17) is 9.47 Å². The molecule has 0 saturated heterocycles. The number of carbonyl (C=O) groups excluding carboxylic acids is 1. The smallest absolute Gasteiger partial charge is 0.258 e. The van der Waals surface area contributed by atoms with E-state index in [1.807, 2.05) is 24.3 Å². The second-order valence-electron chi connectivity index (χ2n) is 7.97. The van der Waals surface area contributed by atoms with E-state index in [2.05, 4.69) is 19.2 Å². The Morgan fingerprint density at radius 2 is 1.61 bits per heavy atom. The van der Waals surface area contributed by atoms with Crippen LogP contribution in [-0.2, 0) is 21.4 Å². The third kappa shape index (κ3) is 8.22.